The molecule has 0 unspecified atom stereocenters. The maximum Gasteiger partial charge on any atom is 0.169 e. The summed E-state index contributed by atoms with van der Waals surface area (Å²) in [5.74, 6) is 0.913. The highest BCUT2D eigenvalue weighted by molar-refractivity contribution is 5.99. The second-order valence-electron chi connectivity index (χ2n) is 2.52. The molecule has 0 atom stereocenters. The zero-order valence-corrected chi connectivity index (χ0v) is 7.26. The third kappa shape index (κ3) is 1.43. The average Bonchev–Trinajstić information content (AvgIpc) is 2.06. The summed E-state index contributed by atoms with van der Waals surface area (Å²) >= 11 is 0. The van der Waals surface area contributed by atoms with Crippen LogP contribution in [0.15, 0.2) is 24.3 Å². The third-order valence-corrected chi connectivity index (χ3v) is 1.77. The van der Waals surface area contributed by atoms with Crippen LogP contribution in [0, 0.1) is 0 Å². The van der Waals surface area contributed by atoms with Gasteiger partial charge in [0.05, 0.1) is 12.2 Å². The highest BCUT2D eigenvalue weighted by atomic mass is 35.5. The van der Waals surface area contributed by atoms with Crippen LogP contribution in [0.1, 0.15) is 16.8 Å². The van der Waals surface area contributed by atoms with Gasteiger partial charge in [-0.15, -0.1) is 12.4 Å². The van der Waals surface area contributed by atoms with Gasteiger partial charge in [0.1, 0.15) is 5.75 Å². The number of carbonyl (C=O) groups is 1. The minimum atomic E-state index is 0. The van der Waals surface area contributed by atoms with Crippen molar-refractivity contribution in [3.8, 4) is 5.75 Å². The van der Waals surface area contributed by atoms with Crippen LogP contribution in [0.4, 0.5) is 0 Å². The van der Waals surface area contributed by atoms with Gasteiger partial charge in [0, 0.05) is 6.42 Å². The van der Waals surface area contributed by atoms with Crippen molar-refractivity contribution in [3.63, 3.8) is 0 Å². The number of ether oxygens (including phenoxy) is 1. The van der Waals surface area contributed by atoms with E-state index in [-0.39, 0.29) is 18.2 Å². The predicted octanol–water partition coefficient (Wildman–Crippen LogP) is 2.07. The Labute approximate surface area is 76.9 Å². The molecule has 0 radical (unpaired) electrons. The van der Waals surface area contributed by atoms with Crippen molar-refractivity contribution in [2.45, 2.75) is 6.42 Å². The fraction of sp³-hybridized carbons (Fsp3) is 0.222. The van der Waals surface area contributed by atoms with Gasteiger partial charge in [0.15, 0.2) is 5.78 Å². The SMILES string of the molecule is Cl.O=C1CCOc2ccccc21. The Balaban J connectivity index is 0.000000720. The van der Waals surface area contributed by atoms with Crippen LogP contribution in [0.2, 0.25) is 0 Å². The molecule has 1 aromatic rings. The summed E-state index contributed by atoms with van der Waals surface area (Å²) in [5.41, 5.74) is 0.721. The second kappa shape index (κ2) is 3.59. The van der Waals surface area contributed by atoms with Gasteiger partial charge in [-0.25, -0.2) is 0 Å². The summed E-state index contributed by atoms with van der Waals surface area (Å²) in [6, 6.07) is 7.35. The number of hydrogen-bond acceptors (Lipinski definition) is 2. The van der Waals surface area contributed by atoms with Crippen LogP contribution in [0.25, 0.3) is 0 Å². The predicted molar refractivity (Wildman–Crippen MR) is 48.1 cm³/mol. The molecule has 1 aliphatic heterocycles. The van der Waals surface area contributed by atoms with Crippen molar-refractivity contribution in [1.29, 1.82) is 0 Å². The molecule has 1 aromatic carbocycles. The Hall–Kier alpha value is -1.02. The van der Waals surface area contributed by atoms with Crippen LogP contribution >= 0.6 is 12.4 Å². The lowest BCUT2D eigenvalue weighted by atomic mass is 10.1. The van der Waals surface area contributed by atoms with Crippen molar-refractivity contribution in [3.05, 3.63) is 29.8 Å². The minimum absolute atomic E-state index is 0. The molecule has 0 amide bonds. The van der Waals surface area contributed by atoms with Gasteiger partial charge in [-0.05, 0) is 12.1 Å². The normalized spacial score (nSPS) is 14.2. The lowest BCUT2D eigenvalue weighted by Gasteiger charge is -2.14. The van der Waals surface area contributed by atoms with Gasteiger partial charge in [-0.2, -0.15) is 0 Å². The van der Waals surface area contributed by atoms with Crippen LogP contribution < -0.4 is 4.74 Å². The number of hydrogen-bond donors (Lipinski definition) is 0. The standard InChI is InChI=1S/C9H8O2.ClH/c10-8-5-6-11-9-4-2-1-3-7(8)9;/h1-4H,5-6H2;1H. The van der Waals surface area contributed by atoms with Crippen LogP contribution in [0.3, 0.4) is 0 Å². The first-order valence-corrected chi connectivity index (χ1v) is 3.63. The molecule has 0 fully saturated rings. The minimum Gasteiger partial charge on any atom is -0.492 e. The Kier molecular flexibility index (Phi) is 2.71. The Bertz CT molecular complexity index is 296. The first kappa shape index (κ1) is 9.07. The summed E-state index contributed by atoms with van der Waals surface area (Å²) < 4.78 is 5.27. The molecule has 0 aliphatic carbocycles. The maximum atomic E-state index is 11.2. The number of fused-ring (bicyclic) bond motifs is 1. The largest absolute Gasteiger partial charge is 0.492 e. The average molecular weight is 185 g/mol. The second-order valence-corrected chi connectivity index (χ2v) is 2.52. The van der Waals surface area contributed by atoms with E-state index < -0.39 is 0 Å². The number of para-hydroxylation sites is 1. The number of Topliss-reactive ketones (excluding diaryl/α,β-unsaturated/α-hetero) is 1. The summed E-state index contributed by atoms with van der Waals surface area (Å²) in [6.07, 6.45) is 0.511. The van der Waals surface area contributed by atoms with E-state index in [4.69, 9.17) is 4.74 Å². The summed E-state index contributed by atoms with van der Waals surface area (Å²) in [6.45, 7) is 0.524. The fourth-order valence-electron chi connectivity index (χ4n) is 1.21. The zero-order valence-electron chi connectivity index (χ0n) is 6.45. The molecule has 0 spiro atoms. The molecular formula is C9H9ClO2. The molecule has 0 saturated carbocycles. The monoisotopic (exact) mass is 184 g/mol. The molecule has 12 heavy (non-hydrogen) atoms. The molecule has 2 rings (SSSR count). The first-order chi connectivity index (χ1) is 5.38. The number of rotatable bonds is 0. The maximum absolute atomic E-state index is 11.2. The van der Waals surface area contributed by atoms with E-state index in [2.05, 4.69) is 0 Å². The molecule has 0 saturated heterocycles. The highest BCUT2D eigenvalue weighted by Crippen LogP contribution is 2.23. The van der Waals surface area contributed by atoms with Crippen molar-refractivity contribution in [2.24, 2.45) is 0 Å². The smallest absolute Gasteiger partial charge is 0.169 e. The lowest BCUT2D eigenvalue weighted by Crippen LogP contribution is -2.14. The van der Waals surface area contributed by atoms with Gasteiger partial charge in [0.2, 0.25) is 0 Å². The number of carbonyl (C=O) groups excluding carboxylic acids is 1. The molecule has 0 aromatic heterocycles. The first-order valence-electron chi connectivity index (χ1n) is 3.63. The quantitative estimate of drug-likeness (QED) is 0.617. The molecule has 3 heteroatoms. The van der Waals surface area contributed by atoms with Crippen LogP contribution in [0.5, 0.6) is 5.75 Å². The highest BCUT2D eigenvalue weighted by Gasteiger charge is 2.16. The van der Waals surface area contributed by atoms with Crippen molar-refractivity contribution < 1.29 is 9.53 Å². The van der Waals surface area contributed by atoms with E-state index in [9.17, 15) is 4.79 Å². The van der Waals surface area contributed by atoms with Crippen LogP contribution in [-0.4, -0.2) is 12.4 Å². The van der Waals surface area contributed by atoms with E-state index in [1.807, 2.05) is 18.2 Å². The lowest BCUT2D eigenvalue weighted by molar-refractivity contribution is 0.0933. The molecule has 1 heterocycles. The third-order valence-electron chi connectivity index (χ3n) is 1.77. The summed E-state index contributed by atoms with van der Waals surface area (Å²) in [4.78, 5) is 11.2. The van der Waals surface area contributed by atoms with Crippen molar-refractivity contribution >= 4 is 18.2 Å². The Morgan fingerprint density at radius 3 is 2.75 bits per heavy atom. The topological polar surface area (TPSA) is 26.3 Å². The Morgan fingerprint density at radius 2 is 2.00 bits per heavy atom. The van der Waals surface area contributed by atoms with E-state index in [0.29, 0.717) is 13.0 Å². The van der Waals surface area contributed by atoms with Gasteiger partial charge < -0.3 is 4.74 Å². The molecule has 64 valence electrons. The van der Waals surface area contributed by atoms with E-state index in [1.54, 1.807) is 6.07 Å². The summed E-state index contributed by atoms with van der Waals surface area (Å²) in [7, 11) is 0. The summed E-state index contributed by atoms with van der Waals surface area (Å²) in [5, 5.41) is 0. The molecular weight excluding hydrogens is 176 g/mol. The number of halogens is 1. The van der Waals surface area contributed by atoms with E-state index in [0.717, 1.165) is 11.3 Å². The van der Waals surface area contributed by atoms with E-state index in [1.165, 1.54) is 0 Å². The van der Waals surface area contributed by atoms with Crippen molar-refractivity contribution in [1.82, 2.24) is 0 Å². The molecule has 1 aliphatic rings. The molecule has 0 bridgehead atoms. The van der Waals surface area contributed by atoms with Gasteiger partial charge in [-0.3, -0.25) is 4.79 Å². The van der Waals surface area contributed by atoms with Crippen LogP contribution in [-0.2, 0) is 0 Å². The van der Waals surface area contributed by atoms with E-state index >= 15 is 0 Å². The van der Waals surface area contributed by atoms with Gasteiger partial charge in [0.25, 0.3) is 0 Å². The fourth-order valence-corrected chi connectivity index (χ4v) is 1.21. The van der Waals surface area contributed by atoms with Crippen molar-refractivity contribution in [2.75, 3.05) is 6.61 Å². The van der Waals surface area contributed by atoms with Gasteiger partial charge in [-0.1, -0.05) is 12.1 Å². The zero-order chi connectivity index (χ0) is 7.68. The number of ketones is 1. The number of benzene rings is 1. The van der Waals surface area contributed by atoms with Gasteiger partial charge >= 0.3 is 0 Å². The Morgan fingerprint density at radius 1 is 1.25 bits per heavy atom. The molecule has 2 nitrogen and oxygen atoms in total. The molecule has 0 N–H and O–H groups in total.